The molecule has 2 heterocycles. The van der Waals surface area contributed by atoms with Crippen LogP contribution in [0, 0.1) is 0 Å². The summed E-state index contributed by atoms with van der Waals surface area (Å²) in [6.07, 6.45) is 0.596. The molecule has 0 radical (unpaired) electrons. The fourth-order valence-electron chi connectivity index (χ4n) is 2.87. The third-order valence-corrected chi connectivity index (χ3v) is 7.47. The van der Waals surface area contributed by atoms with Crippen LogP contribution in [0.5, 0.6) is 17.2 Å². The molecule has 2 aliphatic heterocycles. The van der Waals surface area contributed by atoms with E-state index in [1.165, 1.54) is 11.8 Å². The van der Waals surface area contributed by atoms with Crippen LogP contribution in [0.15, 0.2) is 47.4 Å². The highest BCUT2D eigenvalue weighted by Crippen LogP contribution is 2.36. The number of carbonyl (C=O) groups excluding carboxylic acids is 1. The van der Waals surface area contributed by atoms with Gasteiger partial charge in [-0.1, -0.05) is 12.1 Å². The second kappa shape index (κ2) is 6.85. The van der Waals surface area contributed by atoms with Gasteiger partial charge >= 0.3 is 5.97 Å². The van der Waals surface area contributed by atoms with Crippen molar-refractivity contribution in [1.82, 2.24) is 0 Å². The predicted molar refractivity (Wildman–Crippen MR) is 96.9 cm³/mol. The lowest BCUT2D eigenvalue weighted by Crippen LogP contribution is -2.11. The molecule has 1 saturated heterocycles. The van der Waals surface area contributed by atoms with Gasteiger partial charge in [0.15, 0.2) is 21.3 Å². The molecule has 1 atom stereocenters. The first-order valence-corrected chi connectivity index (χ1v) is 10.8. The number of ether oxygens (including phenoxy) is 3. The first kappa shape index (κ1) is 17.2. The summed E-state index contributed by atoms with van der Waals surface area (Å²) in [4.78, 5) is 13.3. The molecular weight excluding hydrogens is 376 g/mol. The Morgan fingerprint density at radius 2 is 1.92 bits per heavy atom. The molecule has 26 heavy (non-hydrogen) atoms. The summed E-state index contributed by atoms with van der Waals surface area (Å²) in [5.74, 6) is 1.37. The summed E-state index contributed by atoms with van der Waals surface area (Å²) in [5, 5.41) is -0.0421. The Kier molecular flexibility index (Phi) is 4.54. The van der Waals surface area contributed by atoms with Crippen molar-refractivity contribution in [1.29, 1.82) is 0 Å². The van der Waals surface area contributed by atoms with Crippen LogP contribution in [0.1, 0.15) is 16.8 Å². The van der Waals surface area contributed by atoms with E-state index in [4.69, 9.17) is 14.2 Å². The number of thioether (sulfide) groups is 1. The second-order valence-electron chi connectivity index (χ2n) is 6.04. The first-order valence-electron chi connectivity index (χ1n) is 8.08. The molecule has 0 aliphatic carbocycles. The van der Waals surface area contributed by atoms with Gasteiger partial charge in [0.1, 0.15) is 5.75 Å². The molecule has 0 aromatic heterocycles. The van der Waals surface area contributed by atoms with Crippen molar-refractivity contribution in [2.75, 3.05) is 18.3 Å². The van der Waals surface area contributed by atoms with Gasteiger partial charge in [-0.05, 0) is 30.7 Å². The summed E-state index contributed by atoms with van der Waals surface area (Å²) >= 11 is 1.41. The third-order valence-electron chi connectivity index (χ3n) is 4.15. The maximum Gasteiger partial charge on any atom is 0.344 e. The number of rotatable bonds is 4. The van der Waals surface area contributed by atoms with Crippen LogP contribution in [-0.4, -0.2) is 37.9 Å². The Hall–Kier alpha value is -2.19. The normalized spacial score (nSPS) is 20.1. The third kappa shape index (κ3) is 3.66. The van der Waals surface area contributed by atoms with E-state index in [2.05, 4.69) is 0 Å². The Bertz CT molecular complexity index is 954. The minimum atomic E-state index is -2.97. The van der Waals surface area contributed by atoms with Crippen LogP contribution >= 0.6 is 11.8 Å². The molecule has 136 valence electrons. The second-order valence-corrected chi connectivity index (χ2v) is 9.61. The standard InChI is InChI=1S/C18H16O6S2/c19-18(24-12-5-6-15-16(9-12)23-11-22-15)14-3-1-2-4-17(14)25-13-7-8-26(20,21)10-13/h1-6,9,13H,7-8,10-11H2/t13-/m1/s1. The molecule has 6 nitrogen and oxygen atoms in total. The number of esters is 1. The number of hydrogen-bond donors (Lipinski definition) is 0. The van der Waals surface area contributed by atoms with E-state index >= 15 is 0 Å². The summed E-state index contributed by atoms with van der Waals surface area (Å²) < 4.78 is 39.3. The molecule has 1 fully saturated rings. The Morgan fingerprint density at radius 3 is 2.73 bits per heavy atom. The molecule has 2 aromatic carbocycles. The minimum absolute atomic E-state index is 0.0421. The Balaban J connectivity index is 1.51. The zero-order chi connectivity index (χ0) is 18.1. The van der Waals surface area contributed by atoms with Gasteiger partial charge in [0.25, 0.3) is 0 Å². The zero-order valence-electron chi connectivity index (χ0n) is 13.7. The largest absolute Gasteiger partial charge is 0.454 e. The van der Waals surface area contributed by atoms with Gasteiger partial charge in [0.2, 0.25) is 6.79 Å². The highest BCUT2D eigenvalue weighted by atomic mass is 32.2. The molecule has 0 bridgehead atoms. The summed E-state index contributed by atoms with van der Waals surface area (Å²) in [7, 11) is -2.97. The average molecular weight is 392 g/mol. The van der Waals surface area contributed by atoms with Crippen LogP contribution in [0.3, 0.4) is 0 Å². The van der Waals surface area contributed by atoms with Crippen LogP contribution in [-0.2, 0) is 9.84 Å². The van der Waals surface area contributed by atoms with Crippen molar-refractivity contribution in [3.63, 3.8) is 0 Å². The lowest BCUT2D eigenvalue weighted by molar-refractivity contribution is 0.0731. The molecule has 0 spiro atoms. The SMILES string of the molecule is O=C(Oc1ccc2c(c1)OCO2)c1ccccc1S[C@@H]1CCS(=O)(=O)C1. The van der Waals surface area contributed by atoms with E-state index in [1.807, 2.05) is 12.1 Å². The number of hydrogen-bond acceptors (Lipinski definition) is 7. The van der Waals surface area contributed by atoms with Crippen LogP contribution < -0.4 is 14.2 Å². The van der Waals surface area contributed by atoms with Gasteiger partial charge in [0.05, 0.1) is 17.1 Å². The van der Waals surface area contributed by atoms with E-state index in [9.17, 15) is 13.2 Å². The quantitative estimate of drug-likeness (QED) is 0.585. The number of sulfone groups is 1. The fraction of sp³-hybridized carbons (Fsp3) is 0.278. The Labute approximate surface area is 155 Å². The van der Waals surface area contributed by atoms with Crippen molar-refractivity contribution in [3.8, 4) is 17.2 Å². The Morgan fingerprint density at radius 1 is 1.12 bits per heavy atom. The molecule has 0 amide bonds. The summed E-state index contributed by atoms with van der Waals surface area (Å²) in [6.45, 7) is 0.149. The van der Waals surface area contributed by atoms with Gasteiger partial charge < -0.3 is 14.2 Å². The lowest BCUT2D eigenvalue weighted by atomic mass is 10.2. The van der Waals surface area contributed by atoms with Gasteiger partial charge in [0, 0.05) is 16.2 Å². The van der Waals surface area contributed by atoms with Crippen LogP contribution in [0.2, 0.25) is 0 Å². The predicted octanol–water partition coefficient (Wildman–Crippen LogP) is 2.91. The highest BCUT2D eigenvalue weighted by Gasteiger charge is 2.29. The molecule has 0 N–H and O–H groups in total. The van der Waals surface area contributed by atoms with Crippen molar-refractivity contribution in [3.05, 3.63) is 48.0 Å². The van der Waals surface area contributed by atoms with Gasteiger partial charge in [-0.2, -0.15) is 0 Å². The van der Waals surface area contributed by atoms with E-state index < -0.39 is 15.8 Å². The maximum absolute atomic E-state index is 12.6. The van der Waals surface area contributed by atoms with Gasteiger partial charge in [-0.15, -0.1) is 11.8 Å². The van der Waals surface area contributed by atoms with Crippen molar-refractivity contribution < 1.29 is 27.4 Å². The molecule has 4 rings (SSSR count). The van der Waals surface area contributed by atoms with Crippen molar-refractivity contribution in [2.24, 2.45) is 0 Å². The summed E-state index contributed by atoms with van der Waals surface area (Å²) in [5.41, 5.74) is 0.416. The smallest absolute Gasteiger partial charge is 0.344 e. The molecule has 8 heteroatoms. The fourth-order valence-corrected chi connectivity index (χ4v) is 6.49. The van der Waals surface area contributed by atoms with Crippen LogP contribution in [0.4, 0.5) is 0 Å². The van der Waals surface area contributed by atoms with Gasteiger partial charge in [-0.3, -0.25) is 0 Å². The molecule has 0 saturated carbocycles. The van der Waals surface area contributed by atoms with Crippen molar-refractivity contribution >= 4 is 27.6 Å². The van der Waals surface area contributed by atoms with E-state index in [0.717, 1.165) is 4.90 Å². The van der Waals surface area contributed by atoms with E-state index in [1.54, 1.807) is 30.3 Å². The van der Waals surface area contributed by atoms with Crippen molar-refractivity contribution in [2.45, 2.75) is 16.6 Å². The van der Waals surface area contributed by atoms with Crippen LogP contribution in [0.25, 0.3) is 0 Å². The first-order chi connectivity index (χ1) is 12.5. The molecule has 2 aromatic rings. The number of carbonyl (C=O) groups is 1. The van der Waals surface area contributed by atoms with E-state index in [-0.39, 0.29) is 23.5 Å². The van der Waals surface area contributed by atoms with E-state index in [0.29, 0.717) is 29.2 Å². The molecule has 2 aliphatic rings. The average Bonchev–Trinajstić information content (AvgIpc) is 3.20. The summed E-state index contributed by atoms with van der Waals surface area (Å²) in [6, 6.07) is 12.0. The highest BCUT2D eigenvalue weighted by molar-refractivity contribution is 8.02. The monoisotopic (exact) mass is 392 g/mol. The molecular formula is C18H16O6S2. The lowest BCUT2D eigenvalue weighted by Gasteiger charge is -2.12. The topological polar surface area (TPSA) is 78.9 Å². The minimum Gasteiger partial charge on any atom is -0.454 e. The number of benzene rings is 2. The number of fused-ring (bicyclic) bond motifs is 1. The molecule has 0 unspecified atom stereocenters. The zero-order valence-corrected chi connectivity index (χ0v) is 15.3. The maximum atomic E-state index is 12.6. The van der Waals surface area contributed by atoms with Gasteiger partial charge in [-0.25, -0.2) is 13.2 Å².